The summed E-state index contributed by atoms with van der Waals surface area (Å²) in [6.45, 7) is 1.59. The number of esters is 1. The van der Waals surface area contributed by atoms with Crippen LogP contribution in [0.15, 0.2) is 6.20 Å². The lowest BCUT2D eigenvalue weighted by Crippen LogP contribution is -2.09. The molecule has 0 unspecified atom stereocenters. The van der Waals surface area contributed by atoms with Gasteiger partial charge < -0.3 is 4.74 Å². The number of ether oxygens (including phenoxy) is 1. The molecule has 0 spiro atoms. The molecule has 0 aromatic carbocycles. The lowest BCUT2D eigenvalue weighted by molar-refractivity contribution is -0.139. The molecule has 0 amide bonds. The fourth-order valence-electron chi connectivity index (χ4n) is 1.20. The predicted molar refractivity (Wildman–Crippen MR) is 62.4 cm³/mol. The van der Waals surface area contributed by atoms with Crippen LogP contribution in [0.2, 0.25) is 0 Å². The summed E-state index contributed by atoms with van der Waals surface area (Å²) in [7, 11) is 1.27. The fourth-order valence-corrected chi connectivity index (χ4v) is 1.84. The van der Waals surface area contributed by atoms with Crippen molar-refractivity contribution in [2.24, 2.45) is 0 Å². The van der Waals surface area contributed by atoms with Crippen LogP contribution in [0.3, 0.4) is 0 Å². The number of aromatic nitrogens is 1. The lowest BCUT2D eigenvalue weighted by atomic mass is 10.1. The molecule has 0 aliphatic carbocycles. The van der Waals surface area contributed by atoms with Crippen molar-refractivity contribution in [3.8, 4) is 0 Å². The molecule has 1 aromatic heterocycles. The maximum absolute atomic E-state index is 12.5. The van der Waals surface area contributed by atoms with E-state index in [1.54, 1.807) is 6.92 Å². The number of pyridine rings is 1. The number of carbonyl (C=O) groups is 1. The second-order valence-corrected chi connectivity index (χ2v) is 4.23. The minimum absolute atomic E-state index is 0.000862. The van der Waals surface area contributed by atoms with Gasteiger partial charge in [0.25, 0.3) is 6.43 Å². The number of alkyl halides is 2. The van der Waals surface area contributed by atoms with Crippen LogP contribution in [0.1, 0.15) is 23.2 Å². The first-order chi connectivity index (χ1) is 7.47. The Kier molecular flexibility index (Phi) is 4.57. The van der Waals surface area contributed by atoms with Crippen molar-refractivity contribution in [3.05, 3.63) is 26.6 Å². The number of hydrogen-bond acceptors (Lipinski definition) is 3. The first-order valence-corrected chi connectivity index (χ1v) is 5.54. The first kappa shape index (κ1) is 13.3. The van der Waals surface area contributed by atoms with Crippen LogP contribution in [0.4, 0.5) is 8.78 Å². The molecule has 1 heterocycles. The van der Waals surface area contributed by atoms with Crippen LogP contribution >= 0.6 is 22.6 Å². The second-order valence-electron chi connectivity index (χ2n) is 3.15. The Morgan fingerprint density at radius 1 is 1.62 bits per heavy atom. The number of halogens is 3. The van der Waals surface area contributed by atoms with Crippen LogP contribution in [0.5, 0.6) is 0 Å². The highest BCUT2D eigenvalue weighted by Gasteiger charge is 2.17. The van der Waals surface area contributed by atoms with Gasteiger partial charge in [0, 0.05) is 15.3 Å². The van der Waals surface area contributed by atoms with E-state index < -0.39 is 12.4 Å². The van der Waals surface area contributed by atoms with E-state index in [2.05, 4.69) is 9.72 Å². The molecule has 0 bridgehead atoms. The van der Waals surface area contributed by atoms with Crippen molar-refractivity contribution in [2.45, 2.75) is 19.8 Å². The second kappa shape index (κ2) is 5.51. The van der Waals surface area contributed by atoms with Crippen LogP contribution < -0.4 is 0 Å². The minimum atomic E-state index is -2.55. The fraction of sp³-hybridized carbons (Fsp3) is 0.400. The van der Waals surface area contributed by atoms with E-state index >= 15 is 0 Å². The molecule has 0 fully saturated rings. The molecule has 6 heteroatoms. The molecule has 0 radical (unpaired) electrons. The van der Waals surface area contributed by atoms with Crippen molar-refractivity contribution < 1.29 is 18.3 Å². The minimum Gasteiger partial charge on any atom is -0.469 e. The Labute approximate surface area is 105 Å². The molecule has 1 aromatic rings. The molecular weight excluding hydrogens is 331 g/mol. The molecule has 3 nitrogen and oxygen atoms in total. The van der Waals surface area contributed by atoms with E-state index in [1.807, 2.05) is 22.6 Å². The van der Waals surface area contributed by atoms with Gasteiger partial charge in [0.05, 0.1) is 19.2 Å². The van der Waals surface area contributed by atoms with Crippen LogP contribution in [0, 0.1) is 10.5 Å². The summed E-state index contributed by atoms with van der Waals surface area (Å²) in [4.78, 5) is 14.9. The highest BCUT2D eigenvalue weighted by molar-refractivity contribution is 14.1. The van der Waals surface area contributed by atoms with Crippen LogP contribution in [0.25, 0.3) is 0 Å². The summed E-state index contributed by atoms with van der Waals surface area (Å²) in [6, 6.07) is 0. The molecule has 16 heavy (non-hydrogen) atoms. The third-order valence-corrected chi connectivity index (χ3v) is 3.58. The van der Waals surface area contributed by atoms with Gasteiger partial charge in [-0.2, -0.15) is 0 Å². The van der Waals surface area contributed by atoms with Gasteiger partial charge in [-0.25, -0.2) is 8.78 Å². The molecule has 0 aliphatic rings. The van der Waals surface area contributed by atoms with Gasteiger partial charge in [-0.1, -0.05) is 0 Å². The maximum Gasteiger partial charge on any atom is 0.311 e. The topological polar surface area (TPSA) is 39.2 Å². The van der Waals surface area contributed by atoms with E-state index in [1.165, 1.54) is 7.11 Å². The van der Waals surface area contributed by atoms with Crippen molar-refractivity contribution >= 4 is 28.6 Å². The average molecular weight is 341 g/mol. The van der Waals surface area contributed by atoms with Gasteiger partial charge in [-0.15, -0.1) is 0 Å². The largest absolute Gasteiger partial charge is 0.469 e. The van der Waals surface area contributed by atoms with Gasteiger partial charge in [0.1, 0.15) is 0 Å². The third-order valence-electron chi connectivity index (χ3n) is 2.15. The van der Waals surface area contributed by atoms with Crippen molar-refractivity contribution in [3.63, 3.8) is 0 Å². The summed E-state index contributed by atoms with van der Waals surface area (Å²) in [6.07, 6.45) is -1.44. The zero-order valence-corrected chi connectivity index (χ0v) is 10.9. The Balaban J connectivity index is 3.07. The smallest absolute Gasteiger partial charge is 0.311 e. The van der Waals surface area contributed by atoms with Crippen LogP contribution in [-0.2, 0) is 16.0 Å². The van der Waals surface area contributed by atoms with Gasteiger partial charge in [-0.05, 0) is 35.1 Å². The monoisotopic (exact) mass is 341 g/mol. The Morgan fingerprint density at radius 3 is 2.75 bits per heavy atom. The Morgan fingerprint density at radius 2 is 2.25 bits per heavy atom. The van der Waals surface area contributed by atoms with Crippen molar-refractivity contribution in [1.82, 2.24) is 4.98 Å². The van der Waals surface area contributed by atoms with E-state index in [0.29, 0.717) is 14.8 Å². The van der Waals surface area contributed by atoms with Gasteiger partial charge in [-0.3, -0.25) is 9.78 Å². The molecule has 0 aliphatic heterocycles. The zero-order chi connectivity index (χ0) is 12.3. The van der Waals surface area contributed by atoms with Gasteiger partial charge in [0.15, 0.2) is 0 Å². The number of carbonyl (C=O) groups excluding carboxylic acids is 1. The Bertz CT molecular complexity index is 410. The van der Waals surface area contributed by atoms with Crippen molar-refractivity contribution in [2.75, 3.05) is 7.11 Å². The van der Waals surface area contributed by atoms with Gasteiger partial charge >= 0.3 is 5.97 Å². The SMILES string of the molecule is COC(=O)Cc1ncc(C(F)F)c(C)c1I. The summed E-state index contributed by atoms with van der Waals surface area (Å²) in [5.41, 5.74) is 0.830. The number of hydrogen-bond donors (Lipinski definition) is 0. The van der Waals surface area contributed by atoms with Crippen molar-refractivity contribution in [1.29, 1.82) is 0 Å². The quantitative estimate of drug-likeness (QED) is 0.627. The zero-order valence-electron chi connectivity index (χ0n) is 8.76. The van der Waals surface area contributed by atoms with E-state index in [9.17, 15) is 13.6 Å². The standard InChI is InChI=1S/C10H10F2INO2/c1-5-6(10(11)12)4-14-7(9(5)13)3-8(15)16-2/h4,10H,3H2,1-2H3. The van der Waals surface area contributed by atoms with E-state index in [4.69, 9.17) is 0 Å². The normalized spacial score (nSPS) is 10.6. The predicted octanol–water partition coefficient (Wildman–Crippen LogP) is 2.65. The Hall–Kier alpha value is -0.790. The summed E-state index contributed by atoms with van der Waals surface area (Å²) < 4.78 is 30.1. The molecule has 0 saturated carbocycles. The molecule has 1 rings (SSSR count). The van der Waals surface area contributed by atoms with Gasteiger partial charge in [0.2, 0.25) is 0 Å². The molecule has 0 N–H and O–H groups in total. The summed E-state index contributed by atoms with van der Waals surface area (Å²) in [5, 5.41) is 0. The molecule has 0 saturated heterocycles. The molecule has 0 atom stereocenters. The number of nitrogens with zero attached hydrogens (tertiary/aromatic N) is 1. The highest BCUT2D eigenvalue weighted by atomic mass is 127. The van der Waals surface area contributed by atoms with E-state index in [-0.39, 0.29) is 12.0 Å². The summed E-state index contributed by atoms with van der Waals surface area (Å²) >= 11 is 1.91. The maximum atomic E-state index is 12.5. The lowest BCUT2D eigenvalue weighted by Gasteiger charge is -2.09. The highest BCUT2D eigenvalue weighted by Crippen LogP contribution is 2.26. The number of methoxy groups -OCH3 is 1. The summed E-state index contributed by atoms with van der Waals surface area (Å²) in [5.74, 6) is -0.436. The molecule has 88 valence electrons. The average Bonchev–Trinajstić information content (AvgIpc) is 2.24. The number of rotatable bonds is 3. The van der Waals surface area contributed by atoms with E-state index in [0.717, 1.165) is 6.20 Å². The van der Waals surface area contributed by atoms with Crippen LogP contribution in [-0.4, -0.2) is 18.1 Å². The third kappa shape index (κ3) is 2.87. The molecular formula is C10H10F2INO2. The first-order valence-electron chi connectivity index (χ1n) is 4.46.